The maximum atomic E-state index is 13.5. The Balaban J connectivity index is 1.51. The van der Waals surface area contributed by atoms with Crippen LogP contribution in [0.2, 0.25) is 0 Å². The van der Waals surface area contributed by atoms with E-state index in [1.165, 1.54) is 4.31 Å². The second-order valence-electron chi connectivity index (χ2n) is 9.56. The number of hydrogen-bond acceptors (Lipinski definition) is 4. The lowest BCUT2D eigenvalue weighted by Crippen LogP contribution is -2.50. The highest BCUT2D eigenvalue weighted by Crippen LogP contribution is 2.42. The van der Waals surface area contributed by atoms with Crippen molar-refractivity contribution in [2.75, 3.05) is 10.8 Å². The van der Waals surface area contributed by atoms with Gasteiger partial charge < -0.3 is 10.2 Å². The average Bonchev–Trinajstić information content (AvgIpc) is 3.12. The third-order valence-electron chi connectivity index (χ3n) is 7.02. The van der Waals surface area contributed by atoms with Crippen LogP contribution in [0, 0.1) is 0 Å². The number of sulfonamides is 1. The molecular formula is C29H35N3O4S. The molecule has 0 aromatic heterocycles. The van der Waals surface area contributed by atoms with Crippen LogP contribution in [0.1, 0.15) is 52.0 Å². The van der Waals surface area contributed by atoms with E-state index in [2.05, 4.69) is 5.32 Å². The molecule has 37 heavy (non-hydrogen) atoms. The summed E-state index contributed by atoms with van der Waals surface area (Å²) in [6, 6.07) is 19.9. The molecule has 0 radical (unpaired) electrons. The van der Waals surface area contributed by atoms with Crippen LogP contribution in [0.3, 0.4) is 0 Å². The van der Waals surface area contributed by atoms with E-state index in [1.54, 1.807) is 17.0 Å². The number of nitrogens with zero attached hydrogens (tertiary/aromatic N) is 2. The van der Waals surface area contributed by atoms with Crippen molar-refractivity contribution in [2.24, 2.45) is 0 Å². The van der Waals surface area contributed by atoms with Crippen molar-refractivity contribution < 1.29 is 18.0 Å². The highest BCUT2D eigenvalue weighted by atomic mass is 32.2. The lowest BCUT2D eigenvalue weighted by atomic mass is 10.1. The van der Waals surface area contributed by atoms with Gasteiger partial charge in [-0.2, -0.15) is 0 Å². The highest BCUT2D eigenvalue weighted by Gasteiger charge is 2.35. The van der Waals surface area contributed by atoms with E-state index in [4.69, 9.17) is 0 Å². The summed E-state index contributed by atoms with van der Waals surface area (Å²) in [5.74, 6) is -0.326. The molecule has 0 unspecified atom stereocenters. The molecule has 0 aliphatic carbocycles. The van der Waals surface area contributed by atoms with Crippen molar-refractivity contribution >= 4 is 38.3 Å². The van der Waals surface area contributed by atoms with E-state index >= 15 is 0 Å². The summed E-state index contributed by atoms with van der Waals surface area (Å²) in [7, 11) is -3.67. The largest absolute Gasteiger partial charge is 0.352 e. The molecule has 1 aliphatic rings. The quantitative estimate of drug-likeness (QED) is 0.391. The first-order chi connectivity index (χ1) is 17.8. The van der Waals surface area contributed by atoms with E-state index in [-0.39, 0.29) is 30.8 Å². The fourth-order valence-electron chi connectivity index (χ4n) is 4.86. The molecular weight excluding hydrogens is 486 g/mol. The van der Waals surface area contributed by atoms with Crippen molar-refractivity contribution in [3.05, 3.63) is 72.3 Å². The van der Waals surface area contributed by atoms with E-state index in [9.17, 15) is 18.0 Å². The van der Waals surface area contributed by atoms with E-state index < -0.39 is 16.1 Å². The van der Waals surface area contributed by atoms with E-state index in [0.717, 1.165) is 22.8 Å². The monoisotopic (exact) mass is 521 g/mol. The molecule has 0 saturated carbocycles. The summed E-state index contributed by atoms with van der Waals surface area (Å²) in [6.07, 6.45) is 1.77. The molecule has 3 aromatic rings. The summed E-state index contributed by atoms with van der Waals surface area (Å²) < 4.78 is 27.9. The predicted octanol–water partition coefficient (Wildman–Crippen LogP) is 4.85. The second-order valence-corrected chi connectivity index (χ2v) is 11.4. The molecule has 0 spiro atoms. The smallest absolute Gasteiger partial charge is 0.265 e. The molecule has 7 nitrogen and oxygen atoms in total. The molecule has 0 saturated heterocycles. The number of anilines is 1. The van der Waals surface area contributed by atoms with Crippen LogP contribution in [-0.4, -0.2) is 43.8 Å². The van der Waals surface area contributed by atoms with Gasteiger partial charge in [-0.3, -0.25) is 13.9 Å². The Morgan fingerprint density at radius 1 is 0.946 bits per heavy atom. The fourth-order valence-corrected chi connectivity index (χ4v) is 6.61. The summed E-state index contributed by atoms with van der Waals surface area (Å²) in [6.45, 7) is 6.36. The molecule has 3 aromatic carbocycles. The fraction of sp³-hybridized carbons (Fsp3) is 0.379. The third-order valence-corrected chi connectivity index (χ3v) is 8.87. The minimum atomic E-state index is -3.67. The van der Waals surface area contributed by atoms with E-state index in [0.29, 0.717) is 30.0 Å². The van der Waals surface area contributed by atoms with Gasteiger partial charge in [-0.15, -0.1) is 0 Å². The first-order valence-electron chi connectivity index (χ1n) is 13.0. The zero-order valence-corrected chi connectivity index (χ0v) is 22.5. The summed E-state index contributed by atoms with van der Waals surface area (Å²) in [5, 5.41) is 4.62. The first-order valence-corrected chi connectivity index (χ1v) is 14.4. The highest BCUT2D eigenvalue weighted by molar-refractivity contribution is 7.93. The van der Waals surface area contributed by atoms with Gasteiger partial charge in [0.05, 0.1) is 10.6 Å². The van der Waals surface area contributed by atoms with E-state index in [1.807, 2.05) is 75.4 Å². The van der Waals surface area contributed by atoms with Gasteiger partial charge in [0.2, 0.25) is 11.8 Å². The van der Waals surface area contributed by atoms with Gasteiger partial charge in [0, 0.05) is 30.9 Å². The second kappa shape index (κ2) is 11.3. The van der Waals surface area contributed by atoms with Crippen LogP contribution >= 0.6 is 0 Å². The van der Waals surface area contributed by atoms with Gasteiger partial charge in [0.1, 0.15) is 6.04 Å². The third kappa shape index (κ3) is 5.49. The van der Waals surface area contributed by atoms with Crippen molar-refractivity contribution in [2.45, 2.75) is 70.0 Å². The Bertz CT molecular complexity index is 1370. The van der Waals surface area contributed by atoms with Crippen molar-refractivity contribution in [1.82, 2.24) is 10.2 Å². The van der Waals surface area contributed by atoms with Crippen molar-refractivity contribution in [3.63, 3.8) is 0 Å². The van der Waals surface area contributed by atoms with Gasteiger partial charge in [0.15, 0.2) is 0 Å². The Morgan fingerprint density at radius 3 is 2.32 bits per heavy atom. The average molecular weight is 522 g/mol. The lowest BCUT2D eigenvalue weighted by Gasteiger charge is -2.31. The van der Waals surface area contributed by atoms with Crippen LogP contribution < -0.4 is 9.62 Å². The molecule has 2 amide bonds. The van der Waals surface area contributed by atoms with Gasteiger partial charge >= 0.3 is 0 Å². The number of rotatable bonds is 11. The number of nitrogens with one attached hydrogen (secondary N) is 1. The van der Waals surface area contributed by atoms with Gasteiger partial charge in [0.25, 0.3) is 10.0 Å². The van der Waals surface area contributed by atoms with Crippen LogP contribution in [0.15, 0.2) is 71.6 Å². The summed E-state index contributed by atoms with van der Waals surface area (Å²) >= 11 is 0. The number of carbonyl (C=O) groups excluding carboxylic acids is 2. The molecule has 8 heteroatoms. The van der Waals surface area contributed by atoms with Gasteiger partial charge in [-0.25, -0.2) is 8.42 Å². The first kappa shape index (κ1) is 26.7. The topological polar surface area (TPSA) is 86.8 Å². The number of benzene rings is 3. The summed E-state index contributed by atoms with van der Waals surface area (Å²) in [5.41, 5.74) is 1.59. The van der Waals surface area contributed by atoms with Gasteiger partial charge in [-0.1, -0.05) is 68.4 Å². The number of amides is 2. The number of carbonyl (C=O) groups is 2. The molecule has 0 fully saturated rings. The van der Waals surface area contributed by atoms with Crippen LogP contribution in [0.5, 0.6) is 0 Å². The zero-order chi connectivity index (χ0) is 26.6. The predicted molar refractivity (Wildman–Crippen MR) is 147 cm³/mol. The standard InChI is InChI=1S/C29H35N3O4S/c1-4-21(3)30-29(34)24(5-2)31(20-22-12-7-6-8-13-22)27(33)18-11-19-32-25-16-9-14-23-15-10-17-26(28(23)25)37(32,35)36/h6-10,12-17,21,24H,4-5,11,18-20H2,1-3H3,(H,30,34)/t21-,24+/m1/s1. The molecule has 0 bridgehead atoms. The molecule has 196 valence electrons. The SMILES string of the molecule is CC[C@@H](C)NC(=O)[C@H](CC)N(Cc1ccccc1)C(=O)CCCN1c2cccc3cccc(c23)S1(=O)=O. The lowest BCUT2D eigenvalue weighted by molar-refractivity contribution is -0.141. The number of hydrogen-bond donors (Lipinski definition) is 1. The normalized spacial score (nSPS) is 15.4. The van der Waals surface area contributed by atoms with Gasteiger partial charge in [-0.05, 0) is 49.3 Å². The molecule has 4 rings (SSSR count). The maximum Gasteiger partial charge on any atom is 0.265 e. The van der Waals surface area contributed by atoms with Crippen molar-refractivity contribution in [3.8, 4) is 0 Å². The Labute approximate surface area is 219 Å². The van der Waals surface area contributed by atoms with Crippen LogP contribution in [0.4, 0.5) is 5.69 Å². The Morgan fingerprint density at radius 2 is 1.65 bits per heavy atom. The molecule has 1 heterocycles. The maximum absolute atomic E-state index is 13.5. The van der Waals surface area contributed by atoms with Crippen LogP contribution in [-0.2, 0) is 26.2 Å². The zero-order valence-electron chi connectivity index (χ0n) is 21.7. The molecule has 2 atom stereocenters. The molecule has 1 aliphatic heterocycles. The van der Waals surface area contributed by atoms with Crippen LogP contribution in [0.25, 0.3) is 10.8 Å². The Hall–Kier alpha value is -3.39. The Kier molecular flexibility index (Phi) is 8.17. The summed E-state index contributed by atoms with van der Waals surface area (Å²) in [4.78, 5) is 28.6. The minimum absolute atomic E-state index is 0.0138. The van der Waals surface area contributed by atoms with Crippen molar-refractivity contribution in [1.29, 1.82) is 0 Å². The molecule has 1 N–H and O–H groups in total. The minimum Gasteiger partial charge on any atom is -0.352 e.